The lowest BCUT2D eigenvalue weighted by Gasteiger charge is -2.22. The number of hydrogen-bond donors (Lipinski definition) is 2. The molecule has 0 heterocycles. The van der Waals surface area contributed by atoms with Crippen LogP contribution in [0.2, 0.25) is 0 Å². The van der Waals surface area contributed by atoms with E-state index in [0.29, 0.717) is 6.61 Å². The van der Waals surface area contributed by atoms with Crippen molar-refractivity contribution in [3.63, 3.8) is 0 Å². The van der Waals surface area contributed by atoms with Crippen molar-refractivity contribution in [1.82, 2.24) is 10.6 Å². The van der Waals surface area contributed by atoms with Gasteiger partial charge in [0, 0.05) is 12.1 Å². The van der Waals surface area contributed by atoms with E-state index in [-0.39, 0.29) is 5.54 Å². The van der Waals surface area contributed by atoms with E-state index >= 15 is 0 Å². The summed E-state index contributed by atoms with van der Waals surface area (Å²) in [6.45, 7) is 12.1. The average molecular weight is 401 g/mol. The van der Waals surface area contributed by atoms with Gasteiger partial charge in [-0.05, 0) is 40.7 Å². The number of nitrogens with one attached hydrogen (secondary N) is 2. The summed E-state index contributed by atoms with van der Waals surface area (Å²) in [6, 6.07) is 0. The Morgan fingerprint density at radius 2 is 1.32 bits per heavy atom. The lowest BCUT2D eigenvalue weighted by Crippen LogP contribution is -2.42. The van der Waals surface area contributed by atoms with Crippen molar-refractivity contribution in [3.05, 3.63) is 0 Å². The number of rotatable bonds is 18. The Kier molecular flexibility index (Phi) is 17.7. The standard InChI is InChI=1S/C23H48N2O3/c1-6-7-8-9-10-11-12-13-14-15-16-17-18-24-19-20-27-21(2)28-22(26)25-23(3,4)5/h21,24H,6-20H2,1-5H3,(H,25,26). The predicted molar refractivity (Wildman–Crippen MR) is 119 cm³/mol. The summed E-state index contributed by atoms with van der Waals surface area (Å²) in [4.78, 5) is 11.6. The van der Waals surface area contributed by atoms with Gasteiger partial charge < -0.3 is 20.1 Å². The van der Waals surface area contributed by atoms with Gasteiger partial charge in [-0.1, -0.05) is 77.6 Å². The lowest BCUT2D eigenvalue weighted by molar-refractivity contribution is -0.0907. The summed E-state index contributed by atoms with van der Waals surface area (Å²) < 4.78 is 10.6. The second-order valence-electron chi connectivity index (χ2n) is 8.86. The van der Waals surface area contributed by atoms with Crippen LogP contribution >= 0.6 is 0 Å². The molecule has 0 aliphatic heterocycles. The van der Waals surface area contributed by atoms with Gasteiger partial charge >= 0.3 is 6.09 Å². The molecule has 0 fully saturated rings. The second-order valence-corrected chi connectivity index (χ2v) is 8.86. The Hall–Kier alpha value is -0.810. The van der Waals surface area contributed by atoms with Crippen molar-refractivity contribution in [3.8, 4) is 0 Å². The number of alkyl carbamates (subject to hydrolysis) is 1. The van der Waals surface area contributed by atoms with E-state index in [1.807, 2.05) is 20.8 Å². The maximum absolute atomic E-state index is 11.6. The Morgan fingerprint density at radius 3 is 1.82 bits per heavy atom. The van der Waals surface area contributed by atoms with Crippen molar-refractivity contribution >= 4 is 6.09 Å². The molecule has 0 spiro atoms. The summed E-state index contributed by atoms with van der Waals surface area (Å²) in [5.41, 5.74) is -0.299. The topological polar surface area (TPSA) is 59.6 Å². The fourth-order valence-electron chi connectivity index (χ4n) is 3.03. The highest BCUT2D eigenvalue weighted by molar-refractivity contribution is 5.68. The van der Waals surface area contributed by atoms with Crippen molar-refractivity contribution in [2.45, 2.75) is 123 Å². The molecule has 0 radical (unpaired) electrons. The molecule has 0 aromatic carbocycles. The molecule has 2 N–H and O–H groups in total. The molecule has 5 nitrogen and oxygen atoms in total. The minimum absolute atomic E-state index is 0.299. The number of carbonyl (C=O) groups excluding carboxylic acids is 1. The zero-order chi connectivity index (χ0) is 21.1. The first-order valence-electron chi connectivity index (χ1n) is 11.7. The molecule has 0 saturated carbocycles. The zero-order valence-electron chi connectivity index (χ0n) is 19.4. The molecule has 168 valence electrons. The van der Waals surface area contributed by atoms with Crippen LogP contribution in [0.4, 0.5) is 4.79 Å². The van der Waals surface area contributed by atoms with Crippen molar-refractivity contribution in [2.75, 3.05) is 19.7 Å². The van der Waals surface area contributed by atoms with E-state index in [1.165, 1.54) is 77.0 Å². The van der Waals surface area contributed by atoms with Gasteiger partial charge in [0.25, 0.3) is 0 Å². The van der Waals surface area contributed by atoms with Crippen LogP contribution in [0.1, 0.15) is 112 Å². The molecule has 1 unspecified atom stereocenters. The van der Waals surface area contributed by atoms with E-state index in [4.69, 9.17) is 9.47 Å². The molecule has 0 aromatic heterocycles. The fourth-order valence-corrected chi connectivity index (χ4v) is 3.03. The van der Waals surface area contributed by atoms with Gasteiger partial charge in [0.15, 0.2) is 0 Å². The molecule has 0 saturated heterocycles. The first kappa shape index (κ1) is 27.2. The maximum atomic E-state index is 11.6. The monoisotopic (exact) mass is 400 g/mol. The number of ether oxygens (including phenoxy) is 2. The highest BCUT2D eigenvalue weighted by atomic mass is 16.7. The summed E-state index contributed by atoms with van der Waals surface area (Å²) in [5.74, 6) is 0. The number of unbranched alkanes of at least 4 members (excludes halogenated alkanes) is 11. The van der Waals surface area contributed by atoms with Crippen LogP contribution in [0.25, 0.3) is 0 Å². The minimum atomic E-state index is -0.532. The molecule has 1 atom stereocenters. The molecule has 28 heavy (non-hydrogen) atoms. The third kappa shape index (κ3) is 21.5. The zero-order valence-corrected chi connectivity index (χ0v) is 19.4. The Morgan fingerprint density at radius 1 is 0.821 bits per heavy atom. The van der Waals surface area contributed by atoms with Crippen LogP contribution in [-0.4, -0.2) is 37.6 Å². The lowest BCUT2D eigenvalue weighted by atomic mass is 10.1. The van der Waals surface area contributed by atoms with Gasteiger partial charge in [-0.2, -0.15) is 0 Å². The third-order valence-corrected chi connectivity index (χ3v) is 4.59. The van der Waals surface area contributed by atoms with Crippen LogP contribution in [0, 0.1) is 0 Å². The molecular weight excluding hydrogens is 352 g/mol. The number of amides is 1. The Bertz CT molecular complexity index is 356. The van der Waals surface area contributed by atoms with Crippen LogP contribution in [0.5, 0.6) is 0 Å². The van der Waals surface area contributed by atoms with E-state index in [0.717, 1.165) is 13.1 Å². The first-order valence-corrected chi connectivity index (χ1v) is 11.7. The molecule has 0 bridgehead atoms. The Balaban J connectivity index is 3.26. The quantitative estimate of drug-likeness (QED) is 0.213. The fraction of sp³-hybridized carbons (Fsp3) is 0.957. The summed E-state index contributed by atoms with van der Waals surface area (Å²) in [7, 11) is 0. The maximum Gasteiger partial charge on any atom is 0.409 e. The number of hydrogen-bond acceptors (Lipinski definition) is 4. The largest absolute Gasteiger partial charge is 0.420 e. The smallest absolute Gasteiger partial charge is 0.409 e. The SMILES string of the molecule is CCCCCCCCCCCCCCNCCOC(C)OC(=O)NC(C)(C)C. The first-order chi connectivity index (χ1) is 13.3. The molecule has 0 aliphatic carbocycles. The highest BCUT2D eigenvalue weighted by Gasteiger charge is 2.16. The van der Waals surface area contributed by atoms with Crippen molar-refractivity contribution in [1.29, 1.82) is 0 Å². The van der Waals surface area contributed by atoms with Crippen LogP contribution in [0.3, 0.4) is 0 Å². The molecule has 5 heteroatoms. The van der Waals surface area contributed by atoms with Gasteiger partial charge in [-0.25, -0.2) is 4.79 Å². The summed E-state index contributed by atoms with van der Waals surface area (Å²) >= 11 is 0. The summed E-state index contributed by atoms with van der Waals surface area (Å²) in [6.07, 6.45) is 15.5. The second kappa shape index (κ2) is 18.2. The van der Waals surface area contributed by atoms with E-state index < -0.39 is 12.4 Å². The molecule has 0 rings (SSSR count). The van der Waals surface area contributed by atoms with Crippen LogP contribution in [-0.2, 0) is 9.47 Å². The van der Waals surface area contributed by atoms with Gasteiger partial charge in [0.05, 0.1) is 6.61 Å². The van der Waals surface area contributed by atoms with E-state index in [9.17, 15) is 4.79 Å². The van der Waals surface area contributed by atoms with E-state index in [1.54, 1.807) is 6.92 Å². The predicted octanol–water partition coefficient (Wildman–Crippen LogP) is 6.16. The molecule has 0 aliphatic rings. The van der Waals surface area contributed by atoms with Gasteiger partial charge in [-0.3, -0.25) is 0 Å². The van der Waals surface area contributed by atoms with Gasteiger partial charge in [0.1, 0.15) is 0 Å². The van der Waals surface area contributed by atoms with Crippen molar-refractivity contribution < 1.29 is 14.3 Å². The normalized spacial score (nSPS) is 12.8. The third-order valence-electron chi connectivity index (χ3n) is 4.59. The van der Waals surface area contributed by atoms with Crippen LogP contribution in [0.15, 0.2) is 0 Å². The van der Waals surface area contributed by atoms with Gasteiger partial charge in [-0.15, -0.1) is 0 Å². The molecular formula is C23H48N2O3. The van der Waals surface area contributed by atoms with Gasteiger partial charge in [0.2, 0.25) is 6.29 Å². The molecule has 1 amide bonds. The van der Waals surface area contributed by atoms with Crippen molar-refractivity contribution in [2.24, 2.45) is 0 Å². The number of carbonyl (C=O) groups is 1. The van der Waals surface area contributed by atoms with E-state index in [2.05, 4.69) is 17.6 Å². The van der Waals surface area contributed by atoms with Crippen LogP contribution < -0.4 is 10.6 Å². The average Bonchev–Trinajstić information content (AvgIpc) is 2.59. The summed E-state index contributed by atoms with van der Waals surface area (Å²) in [5, 5.41) is 6.14. The highest BCUT2D eigenvalue weighted by Crippen LogP contribution is 2.11. The Labute approximate surface area is 174 Å². The minimum Gasteiger partial charge on any atom is -0.420 e. The molecule has 0 aromatic rings.